The van der Waals surface area contributed by atoms with E-state index >= 15 is 0 Å². The van der Waals surface area contributed by atoms with Gasteiger partial charge in [-0.25, -0.2) is 4.39 Å². The van der Waals surface area contributed by atoms with E-state index in [0.29, 0.717) is 23.8 Å². The highest BCUT2D eigenvalue weighted by Gasteiger charge is 2.21. The summed E-state index contributed by atoms with van der Waals surface area (Å²) in [6.07, 6.45) is 1.76. The van der Waals surface area contributed by atoms with Crippen LogP contribution in [0, 0.1) is 5.82 Å². The average Bonchev–Trinajstić information content (AvgIpc) is 2.67. The molecule has 1 heterocycles. The first-order chi connectivity index (χ1) is 7.15. The van der Waals surface area contributed by atoms with Gasteiger partial charge in [-0.1, -0.05) is 13.8 Å². The molecule has 0 aliphatic carbocycles. The van der Waals surface area contributed by atoms with Crippen molar-refractivity contribution in [3.8, 4) is 5.75 Å². The number of rotatable bonds is 2. The lowest BCUT2D eigenvalue weighted by Gasteiger charge is -2.14. The number of ether oxygens (including phenoxy) is 1. The zero-order valence-corrected chi connectivity index (χ0v) is 9.17. The van der Waals surface area contributed by atoms with E-state index in [1.54, 1.807) is 12.3 Å². The molecule has 0 aromatic heterocycles. The molecule has 0 bridgehead atoms. The number of hydrogen-bond donors (Lipinski definition) is 0. The van der Waals surface area contributed by atoms with Crippen molar-refractivity contribution in [2.24, 2.45) is 4.99 Å². The maximum Gasteiger partial charge on any atom is 0.170 e. The number of hydrogen-bond acceptors (Lipinski definition) is 2. The Labute approximate surface area is 88.8 Å². The van der Waals surface area contributed by atoms with E-state index in [0.717, 1.165) is 11.1 Å². The summed E-state index contributed by atoms with van der Waals surface area (Å²) in [5, 5.41) is 0. The Morgan fingerprint density at radius 2 is 2.20 bits per heavy atom. The molecule has 15 heavy (non-hydrogen) atoms. The fourth-order valence-electron chi connectivity index (χ4n) is 1.88. The predicted molar refractivity (Wildman–Crippen MR) is 58.3 cm³/mol. The van der Waals surface area contributed by atoms with Crippen molar-refractivity contribution in [3.63, 3.8) is 0 Å². The fraction of sp³-hybridized carbons (Fsp3) is 0.417. The van der Waals surface area contributed by atoms with Crippen LogP contribution in [0.15, 0.2) is 11.1 Å². The zero-order valence-electron chi connectivity index (χ0n) is 9.17. The van der Waals surface area contributed by atoms with Crippen LogP contribution < -0.4 is 4.74 Å². The van der Waals surface area contributed by atoms with Gasteiger partial charge in [0, 0.05) is 17.3 Å². The summed E-state index contributed by atoms with van der Waals surface area (Å²) in [7, 11) is 1.49. The molecule has 80 valence electrons. The topological polar surface area (TPSA) is 21.6 Å². The molecule has 0 radical (unpaired) electrons. The summed E-state index contributed by atoms with van der Waals surface area (Å²) in [6.45, 7) is 4.59. The number of aliphatic imine (C=N–C) groups is 1. The van der Waals surface area contributed by atoms with Gasteiger partial charge in [-0.05, 0) is 17.5 Å². The normalized spacial score (nSPS) is 13.4. The predicted octanol–water partition coefficient (Wildman–Crippen LogP) is 2.89. The quantitative estimate of drug-likeness (QED) is 0.730. The van der Waals surface area contributed by atoms with E-state index in [2.05, 4.69) is 18.8 Å². The molecule has 0 saturated carbocycles. The Bertz CT molecular complexity index is 424. The van der Waals surface area contributed by atoms with E-state index in [4.69, 9.17) is 4.74 Å². The molecule has 0 spiro atoms. The Balaban J connectivity index is 2.65. The maximum atomic E-state index is 13.8. The number of fused-ring (bicyclic) bond motifs is 1. The SMILES string of the molecule is COc1cc(C(C)C)c2c(c1F)CN=C2. The second-order valence-corrected chi connectivity index (χ2v) is 4.00. The summed E-state index contributed by atoms with van der Waals surface area (Å²) >= 11 is 0. The molecule has 2 rings (SSSR count). The van der Waals surface area contributed by atoms with Gasteiger partial charge in [0.2, 0.25) is 0 Å². The van der Waals surface area contributed by atoms with Crippen LogP contribution in [-0.4, -0.2) is 13.3 Å². The van der Waals surface area contributed by atoms with Crippen LogP contribution in [0.2, 0.25) is 0 Å². The van der Waals surface area contributed by atoms with Crippen LogP contribution >= 0.6 is 0 Å². The van der Waals surface area contributed by atoms with Crippen LogP contribution in [0.25, 0.3) is 0 Å². The number of methoxy groups -OCH3 is 1. The number of nitrogens with zero attached hydrogens (tertiary/aromatic N) is 1. The fourth-order valence-corrected chi connectivity index (χ4v) is 1.88. The number of benzene rings is 1. The van der Waals surface area contributed by atoms with Crippen molar-refractivity contribution < 1.29 is 9.13 Å². The minimum Gasteiger partial charge on any atom is -0.494 e. The molecule has 0 unspecified atom stereocenters. The minimum atomic E-state index is -0.269. The number of halogens is 1. The van der Waals surface area contributed by atoms with Crippen molar-refractivity contribution >= 4 is 6.21 Å². The molecule has 1 aromatic carbocycles. The van der Waals surface area contributed by atoms with Crippen LogP contribution in [0.3, 0.4) is 0 Å². The van der Waals surface area contributed by atoms with Gasteiger partial charge in [0.1, 0.15) is 0 Å². The third-order valence-corrected chi connectivity index (χ3v) is 2.72. The molecular weight excluding hydrogens is 193 g/mol. The Kier molecular flexibility index (Phi) is 2.47. The Morgan fingerprint density at radius 1 is 1.47 bits per heavy atom. The summed E-state index contributed by atoms with van der Waals surface area (Å²) in [6, 6.07) is 1.77. The highest BCUT2D eigenvalue weighted by Crippen LogP contribution is 2.33. The third kappa shape index (κ3) is 1.52. The summed E-state index contributed by atoms with van der Waals surface area (Å²) in [4.78, 5) is 4.11. The lowest BCUT2D eigenvalue weighted by Crippen LogP contribution is -2.02. The lowest BCUT2D eigenvalue weighted by atomic mass is 9.94. The van der Waals surface area contributed by atoms with Gasteiger partial charge in [0.05, 0.1) is 13.7 Å². The standard InChI is InChI=1S/C12H14FNO/c1-7(2)8-4-11(15-3)12(13)10-6-14-5-9(8)10/h4-5,7H,6H2,1-3H3. The van der Waals surface area contributed by atoms with Crippen molar-refractivity contribution in [2.75, 3.05) is 7.11 Å². The highest BCUT2D eigenvalue weighted by molar-refractivity contribution is 5.87. The van der Waals surface area contributed by atoms with Crippen molar-refractivity contribution in [1.29, 1.82) is 0 Å². The zero-order chi connectivity index (χ0) is 11.0. The minimum absolute atomic E-state index is 0.269. The van der Waals surface area contributed by atoms with Gasteiger partial charge in [-0.3, -0.25) is 4.99 Å². The van der Waals surface area contributed by atoms with Crippen LogP contribution in [0.5, 0.6) is 5.75 Å². The van der Waals surface area contributed by atoms with Crippen LogP contribution in [0.1, 0.15) is 36.5 Å². The third-order valence-electron chi connectivity index (χ3n) is 2.72. The van der Waals surface area contributed by atoms with E-state index in [9.17, 15) is 4.39 Å². The molecule has 1 aliphatic heterocycles. The molecule has 0 atom stereocenters. The van der Waals surface area contributed by atoms with Crippen molar-refractivity contribution in [3.05, 3.63) is 28.6 Å². The van der Waals surface area contributed by atoms with E-state index in [1.807, 2.05) is 0 Å². The van der Waals surface area contributed by atoms with Gasteiger partial charge in [-0.15, -0.1) is 0 Å². The van der Waals surface area contributed by atoms with E-state index < -0.39 is 0 Å². The maximum absolute atomic E-state index is 13.8. The molecule has 1 aromatic rings. The van der Waals surface area contributed by atoms with Gasteiger partial charge in [0.25, 0.3) is 0 Å². The molecule has 3 heteroatoms. The van der Waals surface area contributed by atoms with Gasteiger partial charge >= 0.3 is 0 Å². The largest absolute Gasteiger partial charge is 0.494 e. The molecule has 2 nitrogen and oxygen atoms in total. The Hall–Kier alpha value is -1.38. The summed E-state index contributed by atoms with van der Waals surface area (Å²) in [5.74, 6) is 0.398. The van der Waals surface area contributed by atoms with E-state index in [-0.39, 0.29) is 5.82 Å². The van der Waals surface area contributed by atoms with Crippen LogP contribution in [-0.2, 0) is 6.54 Å². The first kappa shape index (κ1) is 10.1. The highest BCUT2D eigenvalue weighted by atomic mass is 19.1. The molecule has 0 fully saturated rings. The second kappa shape index (κ2) is 3.65. The van der Waals surface area contributed by atoms with Gasteiger partial charge in [0.15, 0.2) is 11.6 Å². The molecule has 0 amide bonds. The monoisotopic (exact) mass is 207 g/mol. The Morgan fingerprint density at radius 3 is 2.80 bits per heavy atom. The first-order valence-electron chi connectivity index (χ1n) is 5.04. The smallest absolute Gasteiger partial charge is 0.170 e. The van der Waals surface area contributed by atoms with Crippen LogP contribution in [0.4, 0.5) is 4.39 Å². The summed E-state index contributed by atoms with van der Waals surface area (Å²) < 4.78 is 18.8. The molecule has 0 N–H and O–H groups in total. The second-order valence-electron chi connectivity index (χ2n) is 4.00. The van der Waals surface area contributed by atoms with Gasteiger partial charge < -0.3 is 4.74 Å². The average molecular weight is 207 g/mol. The summed E-state index contributed by atoms with van der Waals surface area (Å²) in [5.41, 5.74) is 2.70. The lowest BCUT2D eigenvalue weighted by molar-refractivity contribution is 0.383. The molecule has 1 aliphatic rings. The van der Waals surface area contributed by atoms with Crippen molar-refractivity contribution in [1.82, 2.24) is 0 Å². The molecular formula is C12H14FNO. The first-order valence-corrected chi connectivity index (χ1v) is 5.04. The van der Waals surface area contributed by atoms with Crippen molar-refractivity contribution in [2.45, 2.75) is 26.3 Å². The molecule has 0 saturated heterocycles. The van der Waals surface area contributed by atoms with E-state index in [1.165, 1.54) is 7.11 Å². The van der Waals surface area contributed by atoms with Gasteiger partial charge in [-0.2, -0.15) is 0 Å².